The van der Waals surface area contributed by atoms with E-state index >= 15 is 0 Å². The summed E-state index contributed by atoms with van der Waals surface area (Å²) in [5, 5.41) is 0. The maximum atomic E-state index is 11.6. The standard InChI is InChI=1S/C15H26N2O5S2/c1-3-11-23(18,19)16-9-10-22-15-7-5-14(6-8-15)13-17-24(20,21)12-4-2/h5-8,16-17H,3-4,9-13H2,1-2H3. The zero-order valence-electron chi connectivity index (χ0n) is 14.1. The lowest BCUT2D eigenvalue weighted by Crippen LogP contribution is -2.30. The smallest absolute Gasteiger partial charge is 0.211 e. The van der Waals surface area contributed by atoms with Crippen LogP contribution in [0.15, 0.2) is 24.3 Å². The van der Waals surface area contributed by atoms with Crippen molar-refractivity contribution in [3.63, 3.8) is 0 Å². The number of sulfonamides is 2. The fourth-order valence-corrected chi connectivity index (χ4v) is 4.09. The van der Waals surface area contributed by atoms with Gasteiger partial charge >= 0.3 is 0 Å². The van der Waals surface area contributed by atoms with E-state index in [0.29, 0.717) is 18.6 Å². The summed E-state index contributed by atoms with van der Waals surface area (Å²) in [5.41, 5.74) is 0.825. The van der Waals surface area contributed by atoms with Gasteiger partial charge in [-0.3, -0.25) is 0 Å². The number of ether oxygens (including phenoxy) is 1. The molecule has 0 aliphatic heterocycles. The molecule has 0 bridgehead atoms. The first-order valence-electron chi connectivity index (χ1n) is 7.94. The summed E-state index contributed by atoms with van der Waals surface area (Å²) >= 11 is 0. The predicted octanol–water partition coefficient (Wildman–Crippen LogP) is 1.22. The number of rotatable bonds is 12. The number of benzene rings is 1. The van der Waals surface area contributed by atoms with E-state index in [4.69, 9.17) is 4.74 Å². The predicted molar refractivity (Wildman–Crippen MR) is 94.9 cm³/mol. The highest BCUT2D eigenvalue weighted by Gasteiger charge is 2.08. The minimum absolute atomic E-state index is 0.107. The molecule has 0 heterocycles. The highest BCUT2D eigenvalue weighted by molar-refractivity contribution is 7.89. The van der Waals surface area contributed by atoms with E-state index in [1.54, 1.807) is 31.2 Å². The van der Waals surface area contributed by atoms with E-state index in [2.05, 4.69) is 9.44 Å². The van der Waals surface area contributed by atoms with Crippen molar-refractivity contribution in [3.05, 3.63) is 29.8 Å². The average Bonchev–Trinajstić information content (AvgIpc) is 2.51. The van der Waals surface area contributed by atoms with Crippen LogP contribution in [0.3, 0.4) is 0 Å². The highest BCUT2D eigenvalue weighted by atomic mass is 32.2. The number of hydrogen-bond acceptors (Lipinski definition) is 5. The van der Waals surface area contributed by atoms with Gasteiger partial charge in [0.05, 0.1) is 11.5 Å². The van der Waals surface area contributed by atoms with Crippen LogP contribution in [-0.4, -0.2) is 41.5 Å². The van der Waals surface area contributed by atoms with Crippen molar-refractivity contribution in [2.24, 2.45) is 0 Å². The van der Waals surface area contributed by atoms with Crippen molar-refractivity contribution in [1.29, 1.82) is 0 Å². The molecule has 2 N–H and O–H groups in total. The van der Waals surface area contributed by atoms with E-state index in [1.807, 2.05) is 6.92 Å². The van der Waals surface area contributed by atoms with Crippen LogP contribution >= 0.6 is 0 Å². The Bertz CT molecular complexity index is 685. The van der Waals surface area contributed by atoms with Crippen molar-refractivity contribution >= 4 is 20.0 Å². The highest BCUT2D eigenvalue weighted by Crippen LogP contribution is 2.12. The topological polar surface area (TPSA) is 102 Å². The largest absolute Gasteiger partial charge is 0.492 e. The van der Waals surface area contributed by atoms with Crippen molar-refractivity contribution in [3.8, 4) is 5.75 Å². The molecule has 0 spiro atoms. The Morgan fingerprint density at radius 1 is 0.875 bits per heavy atom. The van der Waals surface area contributed by atoms with Crippen molar-refractivity contribution in [2.75, 3.05) is 24.7 Å². The van der Waals surface area contributed by atoms with Crippen LogP contribution in [0.5, 0.6) is 5.75 Å². The molecule has 0 amide bonds. The molecule has 0 aliphatic rings. The molecule has 0 aromatic heterocycles. The first kappa shape index (κ1) is 20.9. The second-order valence-corrected chi connectivity index (χ2v) is 9.20. The third-order valence-corrected chi connectivity index (χ3v) is 6.18. The van der Waals surface area contributed by atoms with Gasteiger partial charge < -0.3 is 4.74 Å². The van der Waals surface area contributed by atoms with E-state index < -0.39 is 20.0 Å². The molecule has 0 radical (unpaired) electrons. The van der Waals surface area contributed by atoms with E-state index in [-0.39, 0.29) is 31.2 Å². The zero-order chi connectivity index (χ0) is 18.1. The van der Waals surface area contributed by atoms with Gasteiger partial charge in [0.2, 0.25) is 20.0 Å². The van der Waals surface area contributed by atoms with Gasteiger partial charge in [0.1, 0.15) is 12.4 Å². The van der Waals surface area contributed by atoms with Crippen LogP contribution < -0.4 is 14.2 Å². The molecule has 0 fully saturated rings. The Morgan fingerprint density at radius 3 is 1.96 bits per heavy atom. The fourth-order valence-electron chi connectivity index (χ4n) is 1.94. The molecule has 0 saturated carbocycles. The molecule has 0 saturated heterocycles. The van der Waals surface area contributed by atoms with Gasteiger partial charge in [-0.25, -0.2) is 26.3 Å². The first-order valence-corrected chi connectivity index (χ1v) is 11.2. The van der Waals surface area contributed by atoms with Crippen LogP contribution in [0.4, 0.5) is 0 Å². The van der Waals surface area contributed by atoms with E-state index in [1.165, 1.54) is 0 Å². The third-order valence-electron chi connectivity index (χ3n) is 3.06. The van der Waals surface area contributed by atoms with Crippen LogP contribution in [0, 0.1) is 0 Å². The first-order chi connectivity index (χ1) is 11.3. The van der Waals surface area contributed by atoms with Gasteiger partial charge in [0, 0.05) is 13.1 Å². The van der Waals surface area contributed by atoms with Crippen molar-refractivity contribution in [1.82, 2.24) is 9.44 Å². The zero-order valence-corrected chi connectivity index (χ0v) is 15.7. The Balaban J connectivity index is 2.37. The van der Waals surface area contributed by atoms with Gasteiger partial charge in [0.15, 0.2) is 0 Å². The number of hydrogen-bond donors (Lipinski definition) is 2. The minimum Gasteiger partial charge on any atom is -0.492 e. The summed E-state index contributed by atoms with van der Waals surface area (Å²) in [6.07, 6.45) is 1.14. The minimum atomic E-state index is -3.22. The summed E-state index contributed by atoms with van der Waals surface area (Å²) in [6.45, 7) is 4.29. The quantitative estimate of drug-likeness (QED) is 0.533. The summed E-state index contributed by atoms with van der Waals surface area (Å²) in [5.74, 6) is 0.822. The van der Waals surface area contributed by atoms with Crippen LogP contribution in [0.1, 0.15) is 32.3 Å². The van der Waals surface area contributed by atoms with E-state index in [0.717, 1.165) is 5.56 Å². The summed E-state index contributed by atoms with van der Waals surface area (Å²) in [4.78, 5) is 0. The lowest BCUT2D eigenvalue weighted by Gasteiger charge is -2.09. The van der Waals surface area contributed by atoms with Gasteiger partial charge in [-0.05, 0) is 30.5 Å². The molecule has 0 atom stereocenters. The van der Waals surface area contributed by atoms with Crippen LogP contribution in [-0.2, 0) is 26.6 Å². The van der Waals surface area contributed by atoms with Gasteiger partial charge in [-0.1, -0.05) is 26.0 Å². The third kappa shape index (κ3) is 8.62. The lowest BCUT2D eigenvalue weighted by atomic mass is 10.2. The molecule has 9 heteroatoms. The number of nitrogens with one attached hydrogen (secondary N) is 2. The lowest BCUT2D eigenvalue weighted by molar-refractivity contribution is 0.322. The Kier molecular flexibility index (Phi) is 8.68. The van der Waals surface area contributed by atoms with Crippen molar-refractivity contribution in [2.45, 2.75) is 33.2 Å². The molecule has 1 aromatic carbocycles. The summed E-state index contributed by atoms with van der Waals surface area (Å²) in [7, 11) is -6.44. The molecular weight excluding hydrogens is 352 g/mol. The molecule has 0 unspecified atom stereocenters. The molecule has 138 valence electrons. The maximum Gasteiger partial charge on any atom is 0.211 e. The van der Waals surface area contributed by atoms with Crippen molar-refractivity contribution < 1.29 is 21.6 Å². The second kappa shape index (κ2) is 9.97. The van der Waals surface area contributed by atoms with Gasteiger partial charge in [0.25, 0.3) is 0 Å². The fraction of sp³-hybridized carbons (Fsp3) is 0.600. The SMILES string of the molecule is CCCS(=O)(=O)NCCOc1ccc(CNS(=O)(=O)CCC)cc1. The van der Waals surface area contributed by atoms with Crippen LogP contribution in [0.25, 0.3) is 0 Å². The monoisotopic (exact) mass is 378 g/mol. The van der Waals surface area contributed by atoms with Crippen LogP contribution in [0.2, 0.25) is 0 Å². The van der Waals surface area contributed by atoms with Gasteiger partial charge in [-0.15, -0.1) is 0 Å². The maximum absolute atomic E-state index is 11.6. The average molecular weight is 379 g/mol. The molecule has 0 aliphatic carbocycles. The molecule has 1 aromatic rings. The Labute approximate surface area is 144 Å². The molecular formula is C15H26N2O5S2. The molecule has 24 heavy (non-hydrogen) atoms. The van der Waals surface area contributed by atoms with E-state index in [9.17, 15) is 16.8 Å². The Hall–Kier alpha value is -1.16. The molecule has 1 rings (SSSR count). The van der Waals surface area contributed by atoms with Gasteiger partial charge in [-0.2, -0.15) is 0 Å². The Morgan fingerprint density at radius 2 is 1.42 bits per heavy atom. The summed E-state index contributed by atoms with van der Waals surface area (Å²) < 4.78 is 56.5. The summed E-state index contributed by atoms with van der Waals surface area (Å²) in [6, 6.07) is 6.99. The second-order valence-electron chi connectivity index (χ2n) is 5.35. The normalized spacial score (nSPS) is 12.2. The molecule has 7 nitrogen and oxygen atoms in total.